The SMILES string of the molecule is COc1ccc(-c2ccc(N3CCCN(C(=O)CN(CC(C)C)C(=O)c4ccco4)CC3)nn2)cc1. The molecule has 0 saturated carbocycles. The first-order chi connectivity index (χ1) is 17.4. The van der Waals surface area contributed by atoms with Crippen LogP contribution in [0.3, 0.4) is 0 Å². The van der Waals surface area contributed by atoms with Crippen molar-refractivity contribution < 1.29 is 18.7 Å². The molecule has 0 N–H and O–H groups in total. The summed E-state index contributed by atoms with van der Waals surface area (Å²) in [5.41, 5.74) is 1.76. The Hall–Kier alpha value is -3.88. The fourth-order valence-electron chi connectivity index (χ4n) is 4.28. The van der Waals surface area contributed by atoms with Gasteiger partial charge in [-0.25, -0.2) is 0 Å². The number of hydrogen-bond donors (Lipinski definition) is 0. The fourth-order valence-corrected chi connectivity index (χ4v) is 4.28. The normalized spacial score (nSPS) is 14.0. The molecule has 2 amide bonds. The van der Waals surface area contributed by atoms with Crippen LogP contribution in [-0.2, 0) is 4.79 Å². The molecule has 0 unspecified atom stereocenters. The molecule has 2 aromatic heterocycles. The predicted octanol–water partition coefficient (Wildman–Crippen LogP) is 3.58. The average Bonchev–Trinajstić information content (AvgIpc) is 3.32. The molecule has 0 radical (unpaired) electrons. The third-order valence-electron chi connectivity index (χ3n) is 6.14. The number of ether oxygens (including phenoxy) is 1. The van der Waals surface area contributed by atoms with Gasteiger partial charge in [-0.1, -0.05) is 13.8 Å². The van der Waals surface area contributed by atoms with Crippen molar-refractivity contribution in [1.82, 2.24) is 20.0 Å². The number of benzene rings is 1. The lowest BCUT2D eigenvalue weighted by atomic mass is 10.1. The van der Waals surface area contributed by atoms with Crippen molar-refractivity contribution in [2.75, 3.05) is 51.3 Å². The van der Waals surface area contributed by atoms with Gasteiger partial charge in [0.1, 0.15) is 12.3 Å². The Balaban J connectivity index is 1.36. The Labute approximate surface area is 211 Å². The summed E-state index contributed by atoms with van der Waals surface area (Å²) in [5, 5.41) is 8.85. The second kappa shape index (κ2) is 11.7. The summed E-state index contributed by atoms with van der Waals surface area (Å²) in [5.74, 6) is 1.75. The van der Waals surface area contributed by atoms with E-state index in [1.54, 1.807) is 24.1 Å². The van der Waals surface area contributed by atoms with Gasteiger partial charge in [-0.2, -0.15) is 0 Å². The molecule has 0 spiro atoms. The smallest absolute Gasteiger partial charge is 0.290 e. The van der Waals surface area contributed by atoms with E-state index in [1.807, 2.05) is 55.1 Å². The quantitative estimate of drug-likeness (QED) is 0.476. The number of amides is 2. The third-order valence-corrected chi connectivity index (χ3v) is 6.14. The molecule has 0 aliphatic carbocycles. The topological polar surface area (TPSA) is 92.0 Å². The van der Waals surface area contributed by atoms with Crippen molar-refractivity contribution in [2.24, 2.45) is 5.92 Å². The Kier molecular flexibility index (Phi) is 8.20. The Morgan fingerprint density at radius 3 is 2.47 bits per heavy atom. The van der Waals surface area contributed by atoms with Gasteiger partial charge >= 0.3 is 0 Å². The van der Waals surface area contributed by atoms with Crippen LogP contribution in [0.1, 0.15) is 30.8 Å². The van der Waals surface area contributed by atoms with E-state index in [0.717, 1.165) is 35.8 Å². The summed E-state index contributed by atoms with van der Waals surface area (Å²) in [7, 11) is 1.64. The summed E-state index contributed by atoms with van der Waals surface area (Å²) in [6.07, 6.45) is 2.28. The van der Waals surface area contributed by atoms with Gasteiger partial charge in [-0.15, -0.1) is 10.2 Å². The molecule has 9 nitrogen and oxygen atoms in total. The van der Waals surface area contributed by atoms with E-state index in [1.165, 1.54) is 6.26 Å². The second-order valence-corrected chi connectivity index (χ2v) is 9.28. The summed E-state index contributed by atoms with van der Waals surface area (Å²) in [4.78, 5) is 31.6. The second-order valence-electron chi connectivity index (χ2n) is 9.28. The Bertz CT molecular complexity index is 1130. The minimum Gasteiger partial charge on any atom is -0.497 e. The number of anilines is 1. The Morgan fingerprint density at radius 1 is 1.03 bits per heavy atom. The van der Waals surface area contributed by atoms with Crippen LogP contribution in [0.25, 0.3) is 11.3 Å². The first-order valence-corrected chi connectivity index (χ1v) is 12.3. The molecular formula is C27H33N5O4. The number of rotatable bonds is 8. The highest BCUT2D eigenvalue weighted by atomic mass is 16.5. The van der Waals surface area contributed by atoms with Gasteiger partial charge in [0.2, 0.25) is 5.91 Å². The zero-order valence-corrected chi connectivity index (χ0v) is 21.1. The maximum atomic E-state index is 13.2. The van der Waals surface area contributed by atoms with Crippen molar-refractivity contribution in [3.8, 4) is 17.0 Å². The van der Waals surface area contributed by atoms with Gasteiger partial charge in [0.05, 0.1) is 19.1 Å². The lowest BCUT2D eigenvalue weighted by Crippen LogP contribution is -2.45. The van der Waals surface area contributed by atoms with Crippen LogP contribution < -0.4 is 9.64 Å². The largest absolute Gasteiger partial charge is 0.497 e. The molecule has 1 aromatic carbocycles. The summed E-state index contributed by atoms with van der Waals surface area (Å²) < 4.78 is 10.5. The van der Waals surface area contributed by atoms with E-state index < -0.39 is 0 Å². The molecule has 9 heteroatoms. The van der Waals surface area contributed by atoms with Gasteiger partial charge in [0.15, 0.2) is 11.6 Å². The lowest BCUT2D eigenvalue weighted by molar-refractivity contribution is -0.131. The maximum Gasteiger partial charge on any atom is 0.290 e. The van der Waals surface area contributed by atoms with Gasteiger partial charge in [0, 0.05) is 38.3 Å². The molecule has 1 saturated heterocycles. The van der Waals surface area contributed by atoms with E-state index in [0.29, 0.717) is 26.2 Å². The molecule has 3 aromatic rings. The van der Waals surface area contributed by atoms with E-state index in [2.05, 4.69) is 15.1 Å². The highest BCUT2D eigenvalue weighted by Crippen LogP contribution is 2.22. The molecule has 190 valence electrons. The summed E-state index contributed by atoms with van der Waals surface area (Å²) >= 11 is 0. The van der Waals surface area contributed by atoms with Crippen LogP contribution in [0.4, 0.5) is 5.82 Å². The summed E-state index contributed by atoms with van der Waals surface area (Å²) in [6.45, 7) is 7.20. The molecule has 0 atom stereocenters. The van der Waals surface area contributed by atoms with E-state index >= 15 is 0 Å². The number of hydrogen-bond acceptors (Lipinski definition) is 7. The van der Waals surface area contributed by atoms with Crippen LogP contribution in [0, 0.1) is 5.92 Å². The van der Waals surface area contributed by atoms with Crippen LogP contribution in [0.2, 0.25) is 0 Å². The number of methoxy groups -OCH3 is 1. The van der Waals surface area contributed by atoms with Gasteiger partial charge < -0.3 is 23.9 Å². The van der Waals surface area contributed by atoms with E-state index in [4.69, 9.17) is 9.15 Å². The number of nitrogens with zero attached hydrogens (tertiary/aromatic N) is 5. The first kappa shape index (κ1) is 25.2. The van der Waals surface area contributed by atoms with Crippen LogP contribution >= 0.6 is 0 Å². The molecule has 4 rings (SSSR count). The van der Waals surface area contributed by atoms with Crippen molar-refractivity contribution in [2.45, 2.75) is 20.3 Å². The predicted molar refractivity (Wildman–Crippen MR) is 137 cm³/mol. The van der Waals surface area contributed by atoms with Crippen molar-refractivity contribution in [3.63, 3.8) is 0 Å². The van der Waals surface area contributed by atoms with Crippen molar-refractivity contribution in [3.05, 3.63) is 60.6 Å². The molecule has 1 aliphatic rings. The lowest BCUT2D eigenvalue weighted by Gasteiger charge is -2.27. The highest BCUT2D eigenvalue weighted by molar-refractivity contribution is 5.94. The monoisotopic (exact) mass is 491 g/mol. The standard InChI is InChI=1S/C27H33N5O4/c1-20(2)18-32(27(34)24-6-4-17-36-24)19-26(33)31-14-5-13-30(15-16-31)25-12-11-23(28-29-25)21-7-9-22(35-3)10-8-21/h4,6-12,17,20H,5,13-16,18-19H2,1-3H3. The Morgan fingerprint density at radius 2 is 1.83 bits per heavy atom. The van der Waals surface area contributed by atoms with Crippen molar-refractivity contribution in [1.29, 1.82) is 0 Å². The average molecular weight is 492 g/mol. The molecular weight excluding hydrogens is 458 g/mol. The van der Waals surface area contributed by atoms with E-state index in [-0.39, 0.29) is 30.0 Å². The summed E-state index contributed by atoms with van der Waals surface area (Å²) in [6, 6.07) is 14.9. The van der Waals surface area contributed by atoms with Gasteiger partial charge in [-0.3, -0.25) is 9.59 Å². The van der Waals surface area contributed by atoms with Gasteiger partial charge in [-0.05, 0) is 60.9 Å². The molecule has 3 heterocycles. The van der Waals surface area contributed by atoms with Crippen LogP contribution in [0.5, 0.6) is 5.75 Å². The van der Waals surface area contributed by atoms with Gasteiger partial charge in [0.25, 0.3) is 5.91 Å². The minimum absolute atomic E-state index is 0.0358. The number of carbonyl (C=O) groups is 2. The number of aromatic nitrogens is 2. The van der Waals surface area contributed by atoms with Crippen LogP contribution in [0.15, 0.2) is 59.2 Å². The number of furan rings is 1. The molecule has 1 fully saturated rings. The van der Waals surface area contributed by atoms with Crippen molar-refractivity contribution >= 4 is 17.6 Å². The number of carbonyl (C=O) groups excluding carboxylic acids is 2. The minimum atomic E-state index is -0.259. The van der Waals surface area contributed by atoms with E-state index in [9.17, 15) is 9.59 Å². The third kappa shape index (κ3) is 6.21. The molecule has 1 aliphatic heterocycles. The zero-order valence-electron chi connectivity index (χ0n) is 21.1. The molecule has 0 bridgehead atoms. The first-order valence-electron chi connectivity index (χ1n) is 12.3. The highest BCUT2D eigenvalue weighted by Gasteiger charge is 2.26. The van der Waals surface area contributed by atoms with Crippen LogP contribution in [-0.4, -0.2) is 78.2 Å². The maximum absolute atomic E-state index is 13.2. The zero-order chi connectivity index (χ0) is 25.5. The fraction of sp³-hybridized carbons (Fsp3) is 0.407. The molecule has 36 heavy (non-hydrogen) atoms.